The van der Waals surface area contributed by atoms with E-state index in [2.05, 4.69) is 20.7 Å². The number of nitrogens with one attached hydrogen (secondary N) is 1. The summed E-state index contributed by atoms with van der Waals surface area (Å²) in [4.78, 5) is 11.6. The molecule has 0 aromatic carbocycles. The van der Waals surface area contributed by atoms with Gasteiger partial charge in [0.2, 0.25) is 5.91 Å². The van der Waals surface area contributed by atoms with Crippen LogP contribution in [-0.4, -0.2) is 30.7 Å². The van der Waals surface area contributed by atoms with Gasteiger partial charge in [0.15, 0.2) is 0 Å². The van der Waals surface area contributed by atoms with Crippen LogP contribution in [0.4, 0.5) is 0 Å². The van der Waals surface area contributed by atoms with E-state index in [1.807, 2.05) is 19.3 Å². The number of aryl methyl sites for hydroxylation is 1. The van der Waals surface area contributed by atoms with Crippen molar-refractivity contribution in [2.24, 2.45) is 12.8 Å². The summed E-state index contributed by atoms with van der Waals surface area (Å²) >= 11 is 0. The molecule has 0 aliphatic carbocycles. The van der Waals surface area contributed by atoms with Gasteiger partial charge in [-0.05, 0) is 6.07 Å². The second kappa shape index (κ2) is 5.41. The number of aromatic nitrogens is 5. The third kappa shape index (κ3) is 3.14. The van der Waals surface area contributed by atoms with Gasteiger partial charge in [-0.15, -0.1) is 5.10 Å². The smallest absolute Gasteiger partial charge is 0.242 e. The van der Waals surface area contributed by atoms with Crippen molar-refractivity contribution in [1.82, 2.24) is 30.1 Å². The Kier molecular flexibility index (Phi) is 3.68. The maximum atomic E-state index is 11.6. The molecule has 2 heterocycles. The topological polar surface area (TPSA) is 104 Å². The van der Waals surface area contributed by atoms with Crippen LogP contribution in [0.2, 0.25) is 0 Å². The first-order valence-corrected chi connectivity index (χ1v) is 5.51. The van der Waals surface area contributed by atoms with E-state index < -0.39 is 0 Å². The van der Waals surface area contributed by atoms with Crippen molar-refractivity contribution in [2.45, 2.75) is 19.6 Å². The molecule has 0 saturated carbocycles. The average molecular weight is 249 g/mol. The molecule has 0 aliphatic heterocycles. The third-order valence-electron chi connectivity index (χ3n) is 2.34. The van der Waals surface area contributed by atoms with E-state index in [1.165, 1.54) is 4.68 Å². The molecular weight excluding hydrogens is 234 g/mol. The molecule has 1 amide bonds. The van der Waals surface area contributed by atoms with Crippen LogP contribution < -0.4 is 11.1 Å². The van der Waals surface area contributed by atoms with E-state index >= 15 is 0 Å². The van der Waals surface area contributed by atoms with E-state index in [1.54, 1.807) is 10.9 Å². The molecule has 3 N–H and O–H groups in total. The standard InChI is InChI=1S/C10H15N7O/c1-16-3-2-8(14-16)5-12-10(18)7-17-6-9(4-11)13-15-17/h2-3,6H,4-5,7,11H2,1H3,(H,12,18). The Morgan fingerprint density at radius 2 is 2.33 bits per heavy atom. The summed E-state index contributed by atoms with van der Waals surface area (Å²) in [6, 6.07) is 1.85. The van der Waals surface area contributed by atoms with Gasteiger partial charge in [-0.1, -0.05) is 5.21 Å². The molecule has 2 aromatic heterocycles. The van der Waals surface area contributed by atoms with Crippen LogP contribution in [-0.2, 0) is 31.5 Å². The fraction of sp³-hybridized carbons (Fsp3) is 0.400. The predicted molar refractivity (Wildman–Crippen MR) is 63.0 cm³/mol. The number of nitrogens with two attached hydrogens (primary N) is 1. The number of hydrogen-bond donors (Lipinski definition) is 2. The van der Waals surface area contributed by atoms with E-state index in [-0.39, 0.29) is 12.5 Å². The quantitative estimate of drug-likeness (QED) is 0.691. The highest BCUT2D eigenvalue weighted by Crippen LogP contribution is 1.94. The van der Waals surface area contributed by atoms with Crippen molar-refractivity contribution in [3.8, 4) is 0 Å². The molecule has 8 nitrogen and oxygen atoms in total. The first-order chi connectivity index (χ1) is 8.67. The molecule has 8 heteroatoms. The van der Waals surface area contributed by atoms with Gasteiger partial charge in [-0.25, -0.2) is 4.68 Å². The molecule has 0 radical (unpaired) electrons. The Morgan fingerprint density at radius 3 is 2.94 bits per heavy atom. The van der Waals surface area contributed by atoms with Crippen molar-refractivity contribution in [3.63, 3.8) is 0 Å². The number of hydrogen-bond acceptors (Lipinski definition) is 5. The first kappa shape index (κ1) is 12.2. The lowest BCUT2D eigenvalue weighted by Crippen LogP contribution is -2.27. The minimum atomic E-state index is -0.144. The second-order valence-corrected chi connectivity index (χ2v) is 3.87. The summed E-state index contributed by atoms with van der Waals surface area (Å²) in [6.07, 6.45) is 3.48. The van der Waals surface area contributed by atoms with E-state index in [0.717, 1.165) is 5.69 Å². The fourth-order valence-electron chi connectivity index (χ4n) is 1.46. The van der Waals surface area contributed by atoms with Crippen LogP contribution in [0.3, 0.4) is 0 Å². The monoisotopic (exact) mass is 249 g/mol. The van der Waals surface area contributed by atoms with Crippen LogP contribution in [0.25, 0.3) is 0 Å². The summed E-state index contributed by atoms with van der Waals surface area (Å²) in [5, 5.41) is 14.5. The van der Waals surface area contributed by atoms with Crippen LogP contribution in [0.5, 0.6) is 0 Å². The number of carbonyl (C=O) groups excluding carboxylic acids is 1. The highest BCUT2D eigenvalue weighted by molar-refractivity contribution is 5.75. The molecule has 96 valence electrons. The van der Waals surface area contributed by atoms with Gasteiger partial charge in [0.1, 0.15) is 6.54 Å². The van der Waals surface area contributed by atoms with Crippen molar-refractivity contribution in [2.75, 3.05) is 0 Å². The Hall–Kier alpha value is -2.22. The van der Waals surface area contributed by atoms with Gasteiger partial charge in [0, 0.05) is 19.8 Å². The number of rotatable bonds is 5. The zero-order valence-electron chi connectivity index (χ0n) is 10.1. The normalized spacial score (nSPS) is 10.6. The summed E-state index contributed by atoms with van der Waals surface area (Å²) in [7, 11) is 1.83. The summed E-state index contributed by atoms with van der Waals surface area (Å²) in [5.74, 6) is -0.144. The van der Waals surface area contributed by atoms with Crippen molar-refractivity contribution in [3.05, 3.63) is 29.8 Å². The highest BCUT2D eigenvalue weighted by atomic mass is 16.2. The molecule has 0 bridgehead atoms. The third-order valence-corrected chi connectivity index (χ3v) is 2.34. The Balaban J connectivity index is 1.81. The minimum Gasteiger partial charge on any atom is -0.349 e. The molecule has 0 saturated heterocycles. The van der Waals surface area contributed by atoms with E-state index in [9.17, 15) is 4.79 Å². The Labute approximate surface area is 104 Å². The maximum absolute atomic E-state index is 11.6. The molecule has 0 spiro atoms. The first-order valence-electron chi connectivity index (χ1n) is 5.51. The number of carbonyl (C=O) groups is 1. The average Bonchev–Trinajstić information content (AvgIpc) is 2.95. The largest absolute Gasteiger partial charge is 0.349 e. The summed E-state index contributed by atoms with van der Waals surface area (Å²) in [5.41, 5.74) is 6.88. The molecule has 18 heavy (non-hydrogen) atoms. The van der Waals surface area contributed by atoms with Gasteiger partial charge in [0.05, 0.1) is 24.1 Å². The van der Waals surface area contributed by atoms with Gasteiger partial charge in [0.25, 0.3) is 0 Å². The molecule has 0 fully saturated rings. The van der Waals surface area contributed by atoms with Gasteiger partial charge >= 0.3 is 0 Å². The lowest BCUT2D eigenvalue weighted by atomic mass is 10.4. The molecular formula is C10H15N7O. The summed E-state index contributed by atoms with van der Waals surface area (Å²) < 4.78 is 3.14. The molecule has 0 aliphatic rings. The van der Waals surface area contributed by atoms with Gasteiger partial charge < -0.3 is 11.1 Å². The SMILES string of the molecule is Cn1ccc(CNC(=O)Cn2cc(CN)nn2)n1. The fourth-order valence-corrected chi connectivity index (χ4v) is 1.46. The zero-order valence-corrected chi connectivity index (χ0v) is 10.1. The van der Waals surface area contributed by atoms with Crippen LogP contribution in [0.15, 0.2) is 18.5 Å². The number of amides is 1. The molecule has 0 unspecified atom stereocenters. The van der Waals surface area contributed by atoms with Crippen molar-refractivity contribution in [1.29, 1.82) is 0 Å². The van der Waals surface area contributed by atoms with E-state index in [0.29, 0.717) is 18.8 Å². The second-order valence-electron chi connectivity index (χ2n) is 3.87. The Morgan fingerprint density at radius 1 is 1.50 bits per heavy atom. The highest BCUT2D eigenvalue weighted by Gasteiger charge is 2.06. The minimum absolute atomic E-state index is 0.125. The summed E-state index contributed by atoms with van der Waals surface area (Å²) in [6.45, 7) is 0.841. The lowest BCUT2D eigenvalue weighted by Gasteiger charge is -2.02. The van der Waals surface area contributed by atoms with Crippen molar-refractivity contribution >= 4 is 5.91 Å². The van der Waals surface area contributed by atoms with Crippen LogP contribution in [0.1, 0.15) is 11.4 Å². The van der Waals surface area contributed by atoms with Gasteiger partial charge in [-0.3, -0.25) is 9.48 Å². The van der Waals surface area contributed by atoms with Crippen molar-refractivity contribution < 1.29 is 4.79 Å². The van der Waals surface area contributed by atoms with Crippen LogP contribution in [0, 0.1) is 0 Å². The molecule has 2 rings (SSSR count). The maximum Gasteiger partial charge on any atom is 0.242 e. The predicted octanol–water partition coefficient (Wildman–Crippen LogP) is -1.21. The lowest BCUT2D eigenvalue weighted by molar-refractivity contribution is -0.122. The molecule has 2 aromatic rings. The van der Waals surface area contributed by atoms with Gasteiger partial charge in [-0.2, -0.15) is 5.10 Å². The molecule has 0 atom stereocenters. The van der Waals surface area contributed by atoms with Crippen LogP contribution >= 0.6 is 0 Å². The zero-order chi connectivity index (χ0) is 13.0. The Bertz CT molecular complexity index is 530. The number of nitrogens with zero attached hydrogens (tertiary/aromatic N) is 5. The van der Waals surface area contributed by atoms with E-state index in [4.69, 9.17) is 5.73 Å².